The fraction of sp³-hybridized carbons (Fsp3) is 0. The summed E-state index contributed by atoms with van der Waals surface area (Å²) in [6, 6.07) is 11.3. The summed E-state index contributed by atoms with van der Waals surface area (Å²) in [5, 5.41) is 3.90. The van der Waals surface area contributed by atoms with Crippen molar-refractivity contribution in [3.8, 4) is 0 Å². The predicted molar refractivity (Wildman–Crippen MR) is 92.5 cm³/mol. The standard InChI is InChI=1S/C13H9Br2ClN2S/c14-7-1-3-9(13(17)19)12(5-7)18-8-2-4-10(15)11(16)6-8/h1-6,18H,(H2,17,19). The third-order valence-corrected chi connectivity index (χ3v) is 4.39. The van der Waals surface area contributed by atoms with Crippen LogP contribution >= 0.6 is 55.7 Å². The molecule has 0 saturated carbocycles. The van der Waals surface area contributed by atoms with Crippen LogP contribution in [0.5, 0.6) is 0 Å². The molecule has 6 heteroatoms. The van der Waals surface area contributed by atoms with Crippen LogP contribution in [-0.2, 0) is 0 Å². The molecule has 2 nitrogen and oxygen atoms in total. The van der Waals surface area contributed by atoms with Crippen molar-refractivity contribution in [3.63, 3.8) is 0 Å². The van der Waals surface area contributed by atoms with Gasteiger partial charge in [0.2, 0.25) is 0 Å². The van der Waals surface area contributed by atoms with Crippen LogP contribution in [0.1, 0.15) is 5.56 Å². The van der Waals surface area contributed by atoms with Crippen LogP contribution in [0.15, 0.2) is 45.3 Å². The minimum absolute atomic E-state index is 0.346. The highest BCUT2D eigenvalue weighted by molar-refractivity contribution is 9.10. The zero-order valence-corrected chi connectivity index (χ0v) is 14.3. The average molecular weight is 421 g/mol. The topological polar surface area (TPSA) is 38.0 Å². The van der Waals surface area contributed by atoms with Crippen molar-refractivity contribution in [1.82, 2.24) is 0 Å². The smallest absolute Gasteiger partial charge is 0.106 e. The van der Waals surface area contributed by atoms with Gasteiger partial charge in [0.25, 0.3) is 0 Å². The van der Waals surface area contributed by atoms with Gasteiger partial charge in [0.1, 0.15) is 4.99 Å². The number of hydrogen-bond donors (Lipinski definition) is 2. The van der Waals surface area contributed by atoms with Gasteiger partial charge in [-0.25, -0.2) is 0 Å². The molecule has 0 radical (unpaired) electrons. The van der Waals surface area contributed by atoms with Crippen LogP contribution in [0, 0.1) is 0 Å². The van der Waals surface area contributed by atoms with E-state index in [1.165, 1.54) is 0 Å². The quantitative estimate of drug-likeness (QED) is 0.667. The SMILES string of the molecule is NC(=S)c1ccc(Br)cc1Nc1ccc(Br)c(Cl)c1. The molecule has 0 fully saturated rings. The van der Waals surface area contributed by atoms with Crippen LogP contribution < -0.4 is 11.1 Å². The maximum Gasteiger partial charge on any atom is 0.106 e. The average Bonchev–Trinajstić information content (AvgIpc) is 2.33. The van der Waals surface area contributed by atoms with Crippen LogP contribution in [-0.4, -0.2) is 4.99 Å². The van der Waals surface area contributed by atoms with Crippen molar-refractivity contribution in [2.45, 2.75) is 0 Å². The monoisotopic (exact) mass is 418 g/mol. The van der Waals surface area contributed by atoms with E-state index in [9.17, 15) is 0 Å². The molecule has 2 rings (SSSR count). The lowest BCUT2D eigenvalue weighted by atomic mass is 10.1. The van der Waals surface area contributed by atoms with E-state index in [0.717, 1.165) is 25.9 Å². The Hall–Kier alpha value is -0.620. The number of benzene rings is 2. The summed E-state index contributed by atoms with van der Waals surface area (Å²) in [7, 11) is 0. The van der Waals surface area contributed by atoms with Gasteiger partial charge in [0.05, 0.1) is 5.02 Å². The Labute approximate surface area is 138 Å². The first-order chi connectivity index (χ1) is 8.97. The second-order valence-corrected chi connectivity index (χ2v) is 6.43. The van der Waals surface area contributed by atoms with Crippen LogP contribution in [0.3, 0.4) is 0 Å². The molecular formula is C13H9Br2ClN2S. The molecule has 0 aromatic heterocycles. The van der Waals surface area contributed by atoms with Gasteiger partial charge in [-0.15, -0.1) is 0 Å². The Balaban J connectivity index is 2.39. The van der Waals surface area contributed by atoms with Gasteiger partial charge in [-0.05, 0) is 52.3 Å². The molecule has 0 bridgehead atoms. The molecule has 0 aliphatic heterocycles. The Bertz CT molecular complexity index is 647. The maximum atomic E-state index is 6.07. The third kappa shape index (κ3) is 3.69. The van der Waals surface area contributed by atoms with Gasteiger partial charge in [0.15, 0.2) is 0 Å². The van der Waals surface area contributed by atoms with Gasteiger partial charge in [0, 0.05) is 25.9 Å². The number of anilines is 2. The van der Waals surface area contributed by atoms with Crippen LogP contribution in [0.4, 0.5) is 11.4 Å². The summed E-state index contributed by atoms with van der Waals surface area (Å²) in [4.78, 5) is 0.346. The van der Waals surface area contributed by atoms with Crippen molar-refractivity contribution >= 4 is 72.0 Å². The summed E-state index contributed by atoms with van der Waals surface area (Å²) in [6.45, 7) is 0. The van der Waals surface area contributed by atoms with Gasteiger partial charge < -0.3 is 11.1 Å². The Morgan fingerprint density at radius 2 is 1.89 bits per heavy atom. The zero-order valence-electron chi connectivity index (χ0n) is 9.58. The lowest BCUT2D eigenvalue weighted by Gasteiger charge is -2.12. The summed E-state index contributed by atoms with van der Waals surface area (Å²) in [5.74, 6) is 0. The highest BCUT2D eigenvalue weighted by Crippen LogP contribution is 2.29. The van der Waals surface area contributed by atoms with Crippen molar-refractivity contribution in [1.29, 1.82) is 0 Å². The Morgan fingerprint density at radius 3 is 2.53 bits per heavy atom. The van der Waals surface area contributed by atoms with E-state index in [2.05, 4.69) is 37.2 Å². The van der Waals surface area contributed by atoms with Gasteiger partial charge >= 0.3 is 0 Å². The number of nitrogens with one attached hydrogen (secondary N) is 1. The summed E-state index contributed by atoms with van der Waals surface area (Å²) in [6.07, 6.45) is 0. The summed E-state index contributed by atoms with van der Waals surface area (Å²) >= 11 is 17.9. The van der Waals surface area contributed by atoms with E-state index in [4.69, 9.17) is 29.6 Å². The lowest BCUT2D eigenvalue weighted by Crippen LogP contribution is -2.11. The van der Waals surface area contributed by atoms with E-state index in [-0.39, 0.29) is 0 Å². The van der Waals surface area contributed by atoms with E-state index in [1.54, 1.807) is 0 Å². The molecule has 0 unspecified atom stereocenters. The van der Waals surface area contributed by atoms with Crippen molar-refractivity contribution in [2.24, 2.45) is 5.73 Å². The second-order valence-electron chi connectivity index (χ2n) is 3.81. The molecule has 0 atom stereocenters. The van der Waals surface area contributed by atoms with E-state index in [1.807, 2.05) is 36.4 Å². The first-order valence-electron chi connectivity index (χ1n) is 5.29. The van der Waals surface area contributed by atoms with E-state index in [0.29, 0.717) is 10.0 Å². The third-order valence-electron chi connectivity index (χ3n) is 2.45. The number of rotatable bonds is 3. The van der Waals surface area contributed by atoms with E-state index < -0.39 is 0 Å². The highest BCUT2D eigenvalue weighted by Gasteiger charge is 2.07. The minimum atomic E-state index is 0.346. The van der Waals surface area contributed by atoms with Crippen LogP contribution in [0.25, 0.3) is 0 Å². The van der Waals surface area contributed by atoms with Gasteiger partial charge in [-0.3, -0.25) is 0 Å². The largest absolute Gasteiger partial charge is 0.389 e. The zero-order chi connectivity index (χ0) is 14.0. The molecule has 0 aliphatic rings. The summed E-state index contributed by atoms with van der Waals surface area (Å²) < 4.78 is 1.79. The lowest BCUT2D eigenvalue weighted by molar-refractivity contribution is 1.50. The molecule has 0 amide bonds. The number of hydrogen-bond acceptors (Lipinski definition) is 2. The minimum Gasteiger partial charge on any atom is -0.389 e. The molecule has 2 aromatic carbocycles. The molecule has 98 valence electrons. The predicted octanol–water partition coefficient (Wildman–Crippen LogP) is 5.24. The Kier molecular flexibility index (Phi) is 4.84. The highest BCUT2D eigenvalue weighted by atomic mass is 79.9. The second kappa shape index (κ2) is 6.22. The number of thiocarbonyl (C=S) groups is 1. The van der Waals surface area contributed by atoms with Crippen molar-refractivity contribution in [2.75, 3.05) is 5.32 Å². The summed E-state index contributed by atoms with van der Waals surface area (Å²) in [5.41, 5.74) is 8.20. The van der Waals surface area contributed by atoms with E-state index >= 15 is 0 Å². The first kappa shape index (κ1) is 14.8. The number of nitrogens with two attached hydrogens (primary N) is 1. The fourth-order valence-corrected chi connectivity index (χ4v) is 2.53. The number of halogens is 3. The van der Waals surface area contributed by atoms with Crippen molar-refractivity contribution in [3.05, 3.63) is 55.9 Å². The fourth-order valence-electron chi connectivity index (χ4n) is 1.56. The Morgan fingerprint density at radius 1 is 1.16 bits per heavy atom. The molecule has 0 aliphatic carbocycles. The molecule has 3 N–H and O–H groups in total. The van der Waals surface area contributed by atoms with Crippen molar-refractivity contribution < 1.29 is 0 Å². The maximum absolute atomic E-state index is 6.07. The first-order valence-corrected chi connectivity index (χ1v) is 7.66. The van der Waals surface area contributed by atoms with Crippen LogP contribution in [0.2, 0.25) is 5.02 Å². The van der Waals surface area contributed by atoms with Gasteiger partial charge in [-0.1, -0.05) is 39.7 Å². The molecular weight excluding hydrogens is 411 g/mol. The molecule has 0 saturated heterocycles. The molecule has 0 spiro atoms. The molecule has 0 heterocycles. The van der Waals surface area contributed by atoms with Gasteiger partial charge in [-0.2, -0.15) is 0 Å². The molecule has 19 heavy (non-hydrogen) atoms. The molecule has 2 aromatic rings. The normalized spacial score (nSPS) is 10.3.